The molecule has 2 atom stereocenters. The van der Waals surface area contributed by atoms with Gasteiger partial charge in [0.15, 0.2) is 0 Å². The van der Waals surface area contributed by atoms with Gasteiger partial charge in [-0.2, -0.15) is 0 Å². The third-order valence-corrected chi connectivity index (χ3v) is 12.6. The second kappa shape index (κ2) is 12.2. The number of morpholine rings is 1. The topological polar surface area (TPSA) is 68.9 Å². The van der Waals surface area contributed by atoms with Gasteiger partial charge in [-0.15, -0.1) is 11.3 Å². The Labute approximate surface area is 272 Å². The summed E-state index contributed by atoms with van der Waals surface area (Å²) in [6.45, 7) is 16.5. The van der Waals surface area contributed by atoms with Gasteiger partial charge in [0.05, 0.1) is 24.3 Å². The number of aryl methyl sites for hydroxylation is 2. The fourth-order valence-electron chi connectivity index (χ4n) is 8.73. The van der Waals surface area contributed by atoms with Gasteiger partial charge in [-0.05, 0) is 108 Å². The number of fused-ring (bicyclic) bond motifs is 3. The number of carbonyl (C=O) groups is 2. The molecule has 0 saturated carbocycles. The molecule has 4 saturated heterocycles. The van der Waals surface area contributed by atoms with Gasteiger partial charge in [0.2, 0.25) is 11.8 Å². The first-order chi connectivity index (χ1) is 21.6. The monoisotopic (exact) mass is 630 g/mol. The molecule has 242 valence electrons. The summed E-state index contributed by atoms with van der Waals surface area (Å²) in [5.74, 6) is 1.06. The highest BCUT2D eigenvalue weighted by atomic mass is 32.1. The van der Waals surface area contributed by atoms with Gasteiger partial charge in [-0.25, -0.2) is 0 Å². The second-order valence-corrected chi connectivity index (χ2v) is 15.9. The molecule has 6 heterocycles. The average Bonchev–Trinajstić information content (AvgIpc) is 3.80. The molecule has 7 rings (SSSR count). The highest BCUT2D eigenvalue weighted by Gasteiger charge is 2.47. The zero-order valence-corrected chi connectivity index (χ0v) is 28.6. The third kappa shape index (κ3) is 5.76. The molecule has 2 bridgehead atoms. The van der Waals surface area contributed by atoms with Crippen molar-refractivity contribution in [1.29, 1.82) is 0 Å². The van der Waals surface area contributed by atoms with Crippen molar-refractivity contribution in [2.45, 2.75) is 90.6 Å². The predicted molar refractivity (Wildman–Crippen MR) is 182 cm³/mol. The van der Waals surface area contributed by atoms with Crippen LogP contribution in [0, 0.1) is 25.7 Å². The van der Waals surface area contributed by atoms with Crippen LogP contribution in [0.3, 0.4) is 0 Å². The number of nitrogens with zero attached hydrogens (tertiary/aromatic N) is 3. The van der Waals surface area contributed by atoms with Crippen LogP contribution in [0.1, 0.15) is 74.4 Å². The number of piperidine rings is 1. The lowest BCUT2D eigenvalue weighted by Crippen LogP contribution is -2.50. The van der Waals surface area contributed by atoms with Crippen molar-refractivity contribution in [3.63, 3.8) is 0 Å². The Morgan fingerprint density at radius 2 is 1.62 bits per heavy atom. The number of nitrogens with one attached hydrogen (secondary N) is 1. The Bertz CT molecular complexity index is 1540. The van der Waals surface area contributed by atoms with E-state index in [1.54, 1.807) is 11.3 Å². The summed E-state index contributed by atoms with van der Waals surface area (Å²) in [6.07, 6.45) is 6.51. The van der Waals surface area contributed by atoms with E-state index in [0.29, 0.717) is 43.0 Å². The number of ether oxygens (including phenoxy) is 1. The van der Waals surface area contributed by atoms with Crippen LogP contribution in [0.4, 0.5) is 0 Å². The molecule has 4 fully saturated rings. The van der Waals surface area contributed by atoms with E-state index in [9.17, 15) is 9.59 Å². The Balaban J connectivity index is 1.13. The summed E-state index contributed by atoms with van der Waals surface area (Å²) < 4.78 is 5.48. The molecule has 2 aromatic heterocycles. The van der Waals surface area contributed by atoms with Crippen molar-refractivity contribution in [2.24, 2.45) is 11.8 Å². The normalized spacial score (nSPS) is 25.9. The standard InChI is InChI=1S/C37H50N4O3S/c1-23-18-24(2)20-26(19-23)33-30(11-13-39-12-10-29(25(3)22-39)35(42)40-14-16-44-17-15-40)31-21-32(45-34(31)38-33)37(4,5)36(43)41-27-6-7-28(41)9-8-27/h18-21,25,27-29,38H,6-17,22H2,1-5H3. The van der Waals surface area contributed by atoms with Crippen molar-refractivity contribution in [2.75, 3.05) is 45.9 Å². The summed E-state index contributed by atoms with van der Waals surface area (Å²) in [4.78, 5) is 40.3. The third-order valence-electron chi connectivity index (χ3n) is 11.3. The first-order valence-corrected chi connectivity index (χ1v) is 18.1. The van der Waals surface area contributed by atoms with Gasteiger partial charge >= 0.3 is 0 Å². The molecule has 0 aliphatic carbocycles. The maximum Gasteiger partial charge on any atom is 0.233 e. The van der Waals surface area contributed by atoms with Crippen LogP contribution < -0.4 is 0 Å². The molecule has 4 aliphatic heterocycles. The number of rotatable bonds is 7. The summed E-state index contributed by atoms with van der Waals surface area (Å²) in [6, 6.07) is 10.0. The van der Waals surface area contributed by atoms with E-state index in [1.165, 1.54) is 63.8 Å². The van der Waals surface area contributed by atoms with Crippen LogP contribution in [-0.4, -0.2) is 89.5 Å². The van der Waals surface area contributed by atoms with Crippen LogP contribution in [0.5, 0.6) is 0 Å². The largest absolute Gasteiger partial charge is 0.378 e. The summed E-state index contributed by atoms with van der Waals surface area (Å²) in [5, 5.41) is 1.26. The average molecular weight is 631 g/mol. The van der Waals surface area contributed by atoms with Crippen molar-refractivity contribution >= 4 is 33.4 Å². The predicted octanol–water partition coefficient (Wildman–Crippen LogP) is 6.30. The Hall–Kier alpha value is -2.68. The van der Waals surface area contributed by atoms with E-state index in [1.807, 2.05) is 4.90 Å². The number of amides is 2. The summed E-state index contributed by atoms with van der Waals surface area (Å²) in [5.41, 5.74) is 5.78. The van der Waals surface area contributed by atoms with Gasteiger partial charge in [-0.1, -0.05) is 24.1 Å². The van der Waals surface area contributed by atoms with Crippen molar-refractivity contribution in [3.05, 3.63) is 45.8 Å². The van der Waals surface area contributed by atoms with E-state index >= 15 is 0 Å². The van der Waals surface area contributed by atoms with E-state index in [2.05, 4.69) is 73.7 Å². The molecule has 0 radical (unpaired) electrons. The number of aromatic amines is 1. The van der Waals surface area contributed by atoms with E-state index in [-0.39, 0.29) is 5.92 Å². The molecule has 8 heteroatoms. The van der Waals surface area contributed by atoms with Gasteiger partial charge in [0.1, 0.15) is 4.83 Å². The van der Waals surface area contributed by atoms with E-state index < -0.39 is 5.41 Å². The quantitative estimate of drug-likeness (QED) is 0.333. The molecular weight excluding hydrogens is 580 g/mol. The van der Waals surface area contributed by atoms with Crippen LogP contribution in [-0.2, 0) is 26.2 Å². The van der Waals surface area contributed by atoms with Crippen LogP contribution in [0.15, 0.2) is 24.3 Å². The lowest BCUT2D eigenvalue weighted by Gasteiger charge is -2.39. The number of H-pyrrole nitrogens is 1. The SMILES string of the molecule is Cc1cc(C)cc(-c2[nH]c3sc(C(C)(C)C(=O)N4C5CCC4CC5)cc3c2CCN2CCC(C(=O)N3CCOCC3)C(C)C2)c1. The molecule has 2 unspecified atom stereocenters. The van der Waals surface area contributed by atoms with Crippen molar-refractivity contribution in [1.82, 2.24) is 19.7 Å². The minimum absolute atomic E-state index is 0.106. The van der Waals surface area contributed by atoms with Crippen molar-refractivity contribution in [3.8, 4) is 11.3 Å². The minimum Gasteiger partial charge on any atom is -0.378 e. The van der Waals surface area contributed by atoms with Crippen LogP contribution >= 0.6 is 11.3 Å². The van der Waals surface area contributed by atoms with Gasteiger partial charge in [0.25, 0.3) is 0 Å². The fraction of sp³-hybridized carbons (Fsp3) is 0.622. The minimum atomic E-state index is -0.544. The number of benzene rings is 1. The van der Waals surface area contributed by atoms with Crippen LogP contribution in [0.2, 0.25) is 0 Å². The fourth-order valence-corrected chi connectivity index (χ4v) is 9.91. The zero-order chi connectivity index (χ0) is 31.5. The second-order valence-electron chi connectivity index (χ2n) is 14.9. The maximum absolute atomic E-state index is 14.0. The number of carbonyl (C=O) groups excluding carboxylic acids is 2. The molecule has 1 N–H and O–H groups in total. The highest BCUT2D eigenvalue weighted by Crippen LogP contribution is 2.44. The van der Waals surface area contributed by atoms with Crippen LogP contribution in [0.25, 0.3) is 21.5 Å². The van der Waals surface area contributed by atoms with Gasteiger partial charge < -0.3 is 24.4 Å². The van der Waals surface area contributed by atoms with E-state index in [0.717, 1.165) is 50.4 Å². The first kappa shape index (κ1) is 30.9. The number of hydrogen-bond donors (Lipinski definition) is 1. The molecule has 7 nitrogen and oxygen atoms in total. The molecule has 1 aromatic carbocycles. The number of aromatic nitrogens is 1. The smallest absolute Gasteiger partial charge is 0.233 e. The van der Waals surface area contributed by atoms with Gasteiger partial charge in [0, 0.05) is 54.4 Å². The molecule has 3 aromatic rings. The highest BCUT2D eigenvalue weighted by molar-refractivity contribution is 7.19. The van der Waals surface area contributed by atoms with Crippen molar-refractivity contribution < 1.29 is 14.3 Å². The Morgan fingerprint density at radius 1 is 0.956 bits per heavy atom. The zero-order valence-electron chi connectivity index (χ0n) is 27.8. The first-order valence-electron chi connectivity index (χ1n) is 17.3. The van der Waals surface area contributed by atoms with Gasteiger partial charge in [-0.3, -0.25) is 9.59 Å². The van der Waals surface area contributed by atoms with E-state index in [4.69, 9.17) is 4.74 Å². The molecule has 0 spiro atoms. The lowest BCUT2D eigenvalue weighted by atomic mass is 9.85. The number of hydrogen-bond acceptors (Lipinski definition) is 5. The molecular formula is C37H50N4O3S. The Kier molecular flexibility index (Phi) is 8.36. The lowest BCUT2D eigenvalue weighted by molar-refractivity contribution is -0.143. The number of likely N-dealkylation sites (tertiary alicyclic amines) is 1. The molecule has 2 amide bonds. The molecule has 4 aliphatic rings. The Morgan fingerprint density at radius 3 is 2.27 bits per heavy atom. The molecule has 45 heavy (non-hydrogen) atoms. The summed E-state index contributed by atoms with van der Waals surface area (Å²) in [7, 11) is 0. The summed E-state index contributed by atoms with van der Waals surface area (Å²) >= 11 is 1.76. The maximum atomic E-state index is 14.0. The number of thiophene rings is 1.